The maximum atomic E-state index is 12.5. The molecule has 0 saturated heterocycles. The van der Waals surface area contributed by atoms with Crippen LogP contribution in [0.4, 0.5) is 0 Å². The van der Waals surface area contributed by atoms with Gasteiger partial charge in [-0.15, -0.1) is 0 Å². The number of nitrogens with two attached hydrogens (primary N) is 1. The number of carbonyl (C=O) groups is 2. The molecule has 2 unspecified atom stereocenters. The smallest absolute Gasteiger partial charge is 0.462 e. The van der Waals surface area contributed by atoms with E-state index in [1.54, 1.807) is 0 Å². The van der Waals surface area contributed by atoms with E-state index < -0.39 is 38.6 Å². The average Bonchev–Trinajstić information content (AvgIpc) is 3.10. The minimum absolute atomic E-state index is 0.0376. The molecule has 0 amide bonds. The Kier molecular flexibility index (Phi) is 33.5. The van der Waals surface area contributed by atoms with E-state index in [1.807, 2.05) is 55.5 Å². The predicted molar refractivity (Wildman–Crippen MR) is 202 cm³/mol. The van der Waals surface area contributed by atoms with Crippen molar-refractivity contribution in [1.82, 2.24) is 0 Å². The van der Waals surface area contributed by atoms with Gasteiger partial charge in [-0.05, 0) is 44.9 Å². The molecule has 288 valence electrons. The number of phosphoric ester groups is 1. The number of esters is 2. The van der Waals surface area contributed by atoms with Crippen molar-refractivity contribution in [3.05, 3.63) is 60.8 Å². The lowest BCUT2D eigenvalue weighted by Gasteiger charge is -2.19. The van der Waals surface area contributed by atoms with Gasteiger partial charge in [0.1, 0.15) is 6.61 Å². The van der Waals surface area contributed by atoms with Crippen LogP contribution in [-0.4, -0.2) is 60.5 Å². The van der Waals surface area contributed by atoms with Crippen molar-refractivity contribution in [2.75, 3.05) is 26.4 Å². The van der Waals surface area contributed by atoms with Gasteiger partial charge in [0, 0.05) is 19.4 Å². The molecule has 0 aromatic heterocycles. The Balaban J connectivity index is 4.36. The van der Waals surface area contributed by atoms with Gasteiger partial charge in [-0.1, -0.05) is 139 Å². The van der Waals surface area contributed by atoms with E-state index in [0.29, 0.717) is 25.7 Å². The molecule has 4 N–H and O–H groups in total. The van der Waals surface area contributed by atoms with Gasteiger partial charge in [-0.3, -0.25) is 18.6 Å². The zero-order valence-electron chi connectivity index (χ0n) is 31.0. The van der Waals surface area contributed by atoms with Crippen molar-refractivity contribution in [3.8, 4) is 0 Å². The maximum Gasteiger partial charge on any atom is 0.472 e. The van der Waals surface area contributed by atoms with Gasteiger partial charge in [-0.25, -0.2) is 4.57 Å². The Morgan fingerprint density at radius 2 is 1.32 bits per heavy atom. The van der Waals surface area contributed by atoms with Crippen LogP contribution in [0, 0.1) is 0 Å². The van der Waals surface area contributed by atoms with Crippen molar-refractivity contribution in [1.29, 1.82) is 0 Å². The quantitative estimate of drug-likeness (QED) is 0.0192. The van der Waals surface area contributed by atoms with Crippen LogP contribution >= 0.6 is 7.82 Å². The lowest BCUT2D eigenvalue weighted by molar-refractivity contribution is -0.161. The van der Waals surface area contributed by atoms with Crippen molar-refractivity contribution in [2.45, 2.75) is 148 Å². The number of unbranched alkanes of at least 4 members (excludes halogenated alkanes) is 11. The highest BCUT2D eigenvalue weighted by Crippen LogP contribution is 2.43. The molecule has 10 nitrogen and oxygen atoms in total. The lowest BCUT2D eigenvalue weighted by atomic mass is 10.1. The highest BCUT2D eigenvalue weighted by atomic mass is 31.2. The first kappa shape index (κ1) is 47.7. The van der Waals surface area contributed by atoms with Crippen LogP contribution in [-0.2, 0) is 32.7 Å². The normalized spacial score (nSPS) is 14.7. The second-order valence-electron chi connectivity index (χ2n) is 12.3. The van der Waals surface area contributed by atoms with Crippen LogP contribution in [0.1, 0.15) is 136 Å². The second kappa shape index (κ2) is 35.1. The fourth-order valence-corrected chi connectivity index (χ4v) is 5.45. The zero-order chi connectivity index (χ0) is 37.0. The molecule has 0 aromatic carbocycles. The summed E-state index contributed by atoms with van der Waals surface area (Å²) in [5, 5.41) is 9.74. The molecule has 0 aromatic rings. The highest BCUT2D eigenvalue weighted by Gasteiger charge is 2.25. The molecule has 0 heterocycles. The third-order valence-electron chi connectivity index (χ3n) is 7.49. The summed E-state index contributed by atoms with van der Waals surface area (Å²) in [5.41, 5.74) is 5.32. The number of ether oxygens (including phenoxy) is 2. The van der Waals surface area contributed by atoms with E-state index in [-0.39, 0.29) is 32.6 Å². The fraction of sp³-hybridized carbons (Fsp3) is 0.692. The molecule has 3 atom stereocenters. The summed E-state index contributed by atoms with van der Waals surface area (Å²) in [6, 6.07) is 0. The van der Waals surface area contributed by atoms with Gasteiger partial charge in [0.15, 0.2) is 6.10 Å². The summed E-state index contributed by atoms with van der Waals surface area (Å²) in [7, 11) is -4.39. The maximum absolute atomic E-state index is 12.5. The van der Waals surface area contributed by atoms with Crippen LogP contribution in [0.5, 0.6) is 0 Å². The van der Waals surface area contributed by atoms with Crippen LogP contribution in [0.3, 0.4) is 0 Å². The number of phosphoric acid groups is 1. The zero-order valence-corrected chi connectivity index (χ0v) is 31.9. The van der Waals surface area contributed by atoms with E-state index >= 15 is 0 Å². The standard InChI is InChI=1S/C39H68NO9P/c1-3-5-7-8-9-10-13-18-21-24-27-31-39(43)49-37(35-48-50(44,45)47-33-32-40)34-46-38(42)30-26-23-20-17-15-12-11-14-16-19-22-25-29-36(41)28-6-4-2/h6,11-12,16-17,19-20,22,25,28,36-37,41H,3-5,7-10,13-15,18,21,23-24,26-27,29-35,40H2,1-2H3,(H,44,45)/b12-11-,19-16-,20-17-,25-22+,28-6-/t36?,37-/m1/s1. The summed E-state index contributed by atoms with van der Waals surface area (Å²) in [5.74, 6) is -0.927. The predicted octanol–water partition coefficient (Wildman–Crippen LogP) is 9.13. The summed E-state index contributed by atoms with van der Waals surface area (Å²) < 4.78 is 32.5. The molecule has 11 heteroatoms. The number of aliphatic hydroxyl groups excluding tert-OH is 1. The molecule has 0 spiro atoms. The third-order valence-corrected chi connectivity index (χ3v) is 8.48. The first-order chi connectivity index (χ1) is 24.2. The topological polar surface area (TPSA) is 155 Å². The molecule has 0 rings (SSSR count). The molecule has 0 bridgehead atoms. The van der Waals surface area contributed by atoms with Crippen LogP contribution in [0.25, 0.3) is 0 Å². The molecule has 0 aliphatic rings. The van der Waals surface area contributed by atoms with Crippen LogP contribution < -0.4 is 5.73 Å². The number of rotatable bonds is 34. The van der Waals surface area contributed by atoms with Crippen molar-refractivity contribution >= 4 is 19.8 Å². The Bertz CT molecular complexity index is 1030. The Morgan fingerprint density at radius 3 is 1.98 bits per heavy atom. The second-order valence-corrected chi connectivity index (χ2v) is 13.7. The molecule has 0 radical (unpaired) electrons. The molecular formula is C39H68NO9P. The lowest BCUT2D eigenvalue weighted by Crippen LogP contribution is -2.29. The van der Waals surface area contributed by atoms with Gasteiger partial charge < -0.3 is 25.2 Å². The van der Waals surface area contributed by atoms with E-state index in [9.17, 15) is 24.2 Å². The summed E-state index contributed by atoms with van der Waals surface area (Å²) in [6.45, 7) is 3.38. The van der Waals surface area contributed by atoms with Gasteiger partial charge in [0.25, 0.3) is 0 Å². The minimum Gasteiger partial charge on any atom is -0.462 e. The van der Waals surface area contributed by atoms with Crippen LogP contribution in [0.2, 0.25) is 0 Å². The fourth-order valence-electron chi connectivity index (χ4n) is 4.69. The first-order valence-electron chi connectivity index (χ1n) is 18.9. The van der Waals surface area contributed by atoms with E-state index in [2.05, 4.69) is 19.1 Å². The van der Waals surface area contributed by atoms with E-state index in [4.69, 9.17) is 24.3 Å². The summed E-state index contributed by atoms with van der Waals surface area (Å²) in [4.78, 5) is 34.6. The number of carbonyl (C=O) groups excluding carboxylic acids is 2. The van der Waals surface area contributed by atoms with Crippen molar-refractivity contribution in [3.63, 3.8) is 0 Å². The minimum atomic E-state index is -4.39. The van der Waals surface area contributed by atoms with E-state index in [0.717, 1.165) is 38.5 Å². The Hall–Kier alpha value is -2.33. The van der Waals surface area contributed by atoms with Crippen molar-refractivity contribution in [2.24, 2.45) is 5.73 Å². The number of aliphatic hydroxyl groups is 1. The monoisotopic (exact) mass is 725 g/mol. The Morgan fingerprint density at radius 1 is 0.720 bits per heavy atom. The van der Waals surface area contributed by atoms with Gasteiger partial charge >= 0.3 is 19.8 Å². The largest absolute Gasteiger partial charge is 0.472 e. The molecule has 0 fully saturated rings. The molecular weight excluding hydrogens is 657 g/mol. The van der Waals surface area contributed by atoms with Gasteiger partial charge in [0.2, 0.25) is 0 Å². The molecule has 50 heavy (non-hydrogen) atoms. The summed E-state index contributed by atoms with van der Waals surface area (Å²) >= 11 is 0. The van der Waals surface area contributed by atoms with E-state index in [1.165, 1.54) is 44.9 Å². The molecule has 0 aliphatic carbocycles. The number of allylic oxidation sites excluding steroid dienone is 8. The number of hydrogen-bond acceptors (Lipinski definition) is 9. The first-order valence-corrected chi connectivity index (χ1v) is 20.4. The molecule has 0 saturated carbocycles. The highest BCUT2D eigenvalue weighted by molar-refractivity contribution is 7.47. The van der Waals surface area contributed by atoms with Gasteiger partial charge in [0.05, 0.1) is 19.3 Å². The summed E-state index contributed by atoms with van der Waals surface area (Å²) in [6.07, 6.45) is 36.0. The Labute approximate surface area is 302 Å². The van der Waals surface area contributed by atoms with Gasteiger partial charge in [-0.2, -0.15) is 0 Å². The van der Waals surface area contributed by atoms with Crippen molar-refractivity contribution < 1.29 is 42.7 Å². The SMILES string of the molecule is CC/C=C\C(O)C/C=C/C=C\C/C=C\C/C=C\CCCC(=O)OC[C@H](COP(=O)(O)OCCN)OC(=O)CCCCCCCCCCCCC. The average molecular weight is 726 g/mol. The third kappa shape index (κ3) is 34.1. The van der Waals surface area contributed by atoms with Crippen LogP contribution in [0.15, 0.2) is 60.8 Å². The number of hydrogen-bond donors (Lipinski definition) is 3. The molecule has 0 aliphatic heterocycles.